The highest BCUT2D eigenvalue weighted by molar-refractivity contribution is 7.10. The fraction of sp³-hybridized carbons (Fsp3) is 0.200. The lowest BCUT2D eigenvalue weighted by atomic mass is 9.73. The van der Waals surface area contributed by atoms with Crippen molar-refractivity contribution in [1.82, 2.24) is 10.2 Å². The van der Waals surface area contributed by atoms with Crippen molar-refractivity contribution in [3.05, 3.63) is 77.3 Å². The molecule has 0 saturated heterocycles. The summed E-state index contributed by atoms with van der Waals surface area (Å²) >= 11 is 13.9. The second-order valence-corrected chi connectivity index (χ2v) is 9.01. The van der Waals surface area contributed by atoms with E-state index >= 15 is 0 Å². The Morgan fingerprint density at radius 3 is 2.72 bits per heavy atom. The van der Waals surface area contributed by atoms with E-state index in [0.29, 0.717) is 40.4 Å². The van der Waals surface area contributed by atoms with Gasteiger partial charge in [0.05, 0.1) is 16.5 Å². The summed E-state index contributed by atoms with van der Waals surface area (Å²) in [4.78, 5) is 27.0. The van der Waals surface area contributed by atoms with Gasteiger partial charge >= 0.3 is 0 Å². The Bertz CT molecular complexity index is 1230. The first-order valence-electron chi connectivity index (χ1n) is 8.99. The lowest BCUT2D eigenvalue weighted by Crippen LogP contribution is -2.31. The number of aromatic hydroxyl groups is 1. The van der Waals surface area contributed by atoms with Crippen molar-refractivity contribution in [2.24, 2.45) is 0 Å². The van der Waals surface area contributed by atoms with Crippen LogP contribution >= 0.6 is 34.5 Å². The molecule has 4 N–H and O–H groups in total. The van der Waals surface area contributed by atoms with Gasteiger partial charge in [0.2, 0.25) is 0 Å². The van der Waals surface area contributed by atoms with Crippen LogP contribution in [0.15, 0.2) is 45.7 Å². The number of fused-ring (bicyclic) bond motifs is 1. The summed E-state index contributed by atoms with van der Waals surface area (Å²) in [6.45, 7) is 0. The summed E-state index contributed by atoms with van der Waals surface area (Å²) in [5, 5.41) is 21.6. The summed E-state index contributed by atoms with van der Waals surface area (Å²) < 4.78 is 0. The number of halogens is 2. The lowest BCUT2D eigenvalue weighted by Gasteiger charge is -2.34. The van der Waals surface area contributed by atoms with Crippen LogP contribution in [0, 0.1) is 0 Å². The molecule has 1 aliphatic heterocycles. The maximum absolute atomic E-state index is 13.3. The minimum atomic E-state index is -0.760. The molecule has 9 heteroatoms. The van der Waals surface area contributed by atoms with Crippen LogP contribution in [-0.4, -0.2) is 21.1 Å². The normalized spacial score (nSPS) is 21.0. The van der Waals surface area contributed by atoms with E-state index in [-0.39, 0.29) is 28.0 Å². The van der Waals surface area contributed by atoms with E-state index in [2.05, 4.69) is 15.5 Å². The van der Waals surface area contributed by atoms with E-state index in [1.165, 1.54) is 6.07 Å². The smallest absolute Gasteiger partial charge is 0.270 e. The number of phenolic OH excluding ortho intramolecular Hbond substituents is 1. The number of aromatic nitrogens is 2. The number of Topliss-reactive ketones (excluding diaryl/α,β-unsaturated/α-hetero) is 1. The topological polar surface area (TPSA) is 98.0 Å². The first-order valence-corrected chi connectivity index (χ1v) is 10.6. The molecular weight excluding hydrogens is 433 g/mol. The third-order valence-electron chi connectivity index (χ3n) is 5.49. The average Bonchev–Trinajstić information content (AvgIpc) is 3.33. The molecule has 0 unspecified atom stereocenters. The van der Waals surface area contributed by atoms with Crippen molar-refractivity contribution < 1.29 is 9.90 Å². The number of hydrogen-bond acceptors (Lipinski definition) is 5. The molecule has 1 aromatic carbocycles. The van der Waals surface area contributed by atoms with Crippen LogP contribution in [0.4, 0.5) is 5.82 Å². The molecule has 3 heterocycles. The number of carbonyl (C=O) groups is 1. The van der Waals surface area contributed by atoms with Crippen LogP contribution in [0.5, 0.6) is 5.75 Å². The SMILES string of the molecule is O=C1C[C@H](c2cccs2)CC2=C1[C@@H](c1cc(Cl)cc(Cl)c1O)c1c([nH][nH]c1=O)N2. The van der Waals surface area contributed by atoms with Crippen LogP contribution in [0.2, 0.25) is 10.0 Å². The Balaban J connectivity index is 1.71. The third kappa shape index (κ3) is 2.92. The molecule has 0 amide bonds. The zero-order valence-corrected chi connectivity index (χ0v) is 17.2. The van der Waals surface area contributed by atoms with E-state index < -0.39 is 5.92 Å². The highest BCUT2D eigenvalue weighted by Crippen LogP contribution is 2.50. The van der Waals surface area contributed by atoms with E-state index in [0.717, 1.165) is 10.6 Å². The largest absolute Gasteiger partial charge is 0.506 e. The summed E-state index contributed by atoms with van der Waals surface area (Å²) in [6, 6.07) is 6.98. The van der Waals surface area contributed by atoms with Crippen molar-refractivity contribution in [3.8, 4) is 5.75 Å². The van der Waals surface area contributed by atoms with Gasteiger partial charge in [0.15, 0.2) is 5.78 Å². The molecule has 2 aliphatic rings. The zero-order valence-electron chi connectivity index (χ0n) is 14.9. The molecule has 0 spiro atoms. The van der Waals surface area contributed by atoms with Crippen LogP contribution in [0.1, 0.15) is 40.7 Å². The molecule has 2 aromatic heterocycles. The molecule has 0 radical (unpaired) electrons. The van der Waals surface area contributed by atoms with Gasteiger partial charge in [-0.15, -0.1) is 11.3 Å². The Morgan fingerprint density at radius 2 is 1.97 bits per heavy atom. The van der Waals surface area contributed by atoms with Gasteiger partial charge in [-0.2, -0.15) is 0 Å². The van der Waals surface area contributed by atoms with Crippen LogP contribution < -0.4 is 10.9 Å². The second-order valence-electron chi connectivity index (χ2n) is 7.19. The van der Waals surface area contributed by atoms with Crippen molar-refractivity contribution >= 4 is 46.1 Å². The molecular formula is C20H15Cl2N3O3S. The van der Waals surface area contributed by atoms with E-state index in [1.54, 1.807) is 17.4 Å². The lowest BCUT2D eigenvalue weighted by molar-refractivity contribution is -0.116. The summed E-state index contributed by atoms with van der Waals surface area (Å²) in [5.41, 5.74) is 1.52. The van der Waals surface area contributed by atoms with E-state index in [9.17, 15) is 14.7 Å². The first-order chi connectivity index (χ1) is 13.9. The van der Waals surface area contributed by atoms with E-state index in [1.807, 2.05) is 17.5 Å². The minimum absolute atomic E-state index is 0.0658. The van der Waals surface area contributed by atoms with Crippen molar-refractivity contribution in [2.45, 2.75) is 24.7 Å². The molecule has 6 nitrogen and oxygen atoms in total. The predicted octanol–water partition coefficient (Wildman–Crippen LogP) is 4.74. The van der Waals surface area contributed by atoms with Crippen molar-refractivity contribution in [1.29, 1.82) is 0 Å². The quantitative estimate of drug-likeness (QED) is 0.456. The molecule has 1 aliphatic carbocycles. The number of benzene rings is 1. The van der Waals surface area contributed by atoms with Gasteiger partial charge in [0.25, 0.3) is 5.56 Å². The third-order valence-corrected chi connectivity index (χ3v) is 7.03. The monoisotopic (exact) mass is 447 g/mol. The number of hydrogen-bond donors (Lipinski definition) is 4. The van der Waals surface area contributed by atoms with Crippen molar-refractivity contribution in [2.75, 3.05) is 5.32 Å². The number of rotatable bonds is 2. The maximum atomic E-state index is 13.3. The van der Waals surface area contributed by atoms with Gasteiger partial charge < -0.3 is 10.4 Å². The van der Waals surface area contributed by atoms with Crippen LogP contribution in [0.3, 0.4) is 0 Å². The summed E-state index contributed by atoms with van der Waals surface area (Å²) in [6.07, 6.45) is 0.962. The average molecular weight is 448 g/mol. The highest BCUT2D eigenvalue weighted by Gasteiger charge is 2.41. The van der Waals surface area contributed by atoms with Gasteiger partial charge in [-0.25, -0.2) is 0 Å². The Labute approximate surface area is 179 Å². The maximum Gasteiger partial charge on any atom is 0.270 e. The second kappa shape index (κ2) is 6.79. The van der Waals surface area contributed by atoms with Gasteiger partial charge in [0.1, 0.15) is 11.6 Å². The van der Waals surface area contributed by atoms with Gasteiger partial charge in [0, 0.05) is 39.1 Å². The Hall–Kier alpha value is -2.48. The summed E-state index contributed by atoms with van der Waals surface area (Å²) in [5.74, 6) is -0.463. The highest BCUT2D eigenvalue weighted by atomic mass is 35.5. The number of carbonyl (C=O) groups excluding carboxylic acids is 1. The van der Waals surface area contributed by atoms with Gasteiger partial charge in [-0.1, -0.05) is 29.3 Å². The number of thiophene rings is 1. The predicted molar refractivity (Wildman–Crippen MR) is 113 cm³/mol. The Morgan fingerprint density at radius 1 is 1.14 bits per heavy atom. The number of H-pyrrole nitrogens is 2. The van der Waals surface area contributed by atoms with Gasteiger partial charge in [-0.05, 0) is 30.0 Å². The van der Waals surface area contributed by atoms with Crippen LogP contribution in [0.25, 0.3) is 0 Å². The molecule has 0 saturated carbocycles. The number of allylic oxidation sites excluding steroid dienone is 2. The van der Waals surface area contributed by atoms with Gasteiger partial charge in [-0.3, -0.25) is 19.8 Å². The Kier molecular flexibility index (Phi) is 4.34. The molecule has 0 fully saturated rings. The molecule has 29 heavy (non-hydrogen) atoms. The van der Waals surface area contributed by atoms with Crippen LogP contribution in [-0.2, 0) is 4.79 Å². The first kappa shape index (κ1) is 18.5. The minimum Gasteiger partial charge on any atom is -0.506 e. The molecule has 5 rings (SSSR count). The van der Waals surface area contributed by atoms with E-state index in [4.69, 9.17) is 23.2 Å². The van der Waals surface area contributed by atoms with Crippen molar-refractivity contribution in [3.63, 3.8) is 0 Å². The summed E-state index contributed by atoms with van der Waals surface area (Å²) in [7, 11) is 0. The number of phenols is 1. The fourth-order valence-corrected chi connectivity index (χ4v) is 5.60. The number of aromatic amines is 2. The number of ketones is 1. The standard InChI is InChI=1S/C20H15Cl2N3O3S/c21-9-6-10(18(27)11(22)7-9)15-16-12(23-19-17(15)20(28)25-24-19)4-8(5-13(16)26)14-2-1-3-29-14/h1-3,6-8,15,27H,4-5H2,(H3,23,24,25,28)/t8-,15-/m1/s1. The molecule has 148 valence electrons. The zero-order chi connectivity index (χ0) is 20.3. The molecule has 2 atom stereocenters. The number of anilines is 1. The molecule has 0 bridgehead atoms. The fourth-order valence-electron chi connectivity index (χ4n) is 4.26. The molecule has 3 aromatic rings. The number of nitrogens with one attached hydrogen (secondary N) is 3.